The van der Waals surface area contributed by atoms with Crippen LogP contribution in [0.25, 0.3) is 5.57 Å². The maximum atomic E-state index is 5.59. The van der Waals surface area contributed by atoms with Crippen molar-refractivity contribution in [1.82, 2.24) is 0 Å². The number of rotatable bonds is 5. The first kappa shape index (κ1) is 13.3. The molecule has 1 aromatic carbocycles. The Labute approximate surface area is 108 Å². The summed E-state index contributed by atoms with van der Waals surface area (Å²) in [5.41, 5.74) is 3.61. The lowest BCUT2D eigenvalue weighted by Gasteiger charge is -2.21. The van der Waals surface area contributed by atoms with Crippen LogP contribution in [0.2, 0.25) is 0 Å². The van der Waals surface area contributed by atoms with E-state index < -0.39 is 0 Å². The first-order valence-corrected chi connectivity index (χ1v) is 6.45. The zero-order chi connectivity index (χ0) is 12.8. The molecule has 0 fully saturated rings. The van der Waals surface area contributed by atoms with E-state index in [0.717, 1.165) is 5.57 Å². The SMILES string of the molecule is CCOC(/C=C1\COCc2ccccc21)OCC. The zero-order valence-corrected chi connectivity index (χ0v) is 11.0. The maximum absolute atomic E-state index is 5.59. The predicted octanol–water partition coefficient (Wildman–Crippen LogP) is 3.00. The van der Waals surface area contributed by atoms with Crippen LogP contribution in [0.15, 0.2) is 30.3 Å². The average Bonchev–Trinajstić information content (AvgIpc) is 2.40. The fraction of sp³-hybridized carbons (Fsp3) is 0.467. The lowest BCUT2D eigenvalue weighted by Crippen LogP contribution is -2.17. The summed E-state index contributed by atoms with van der Waals surface area (Å²) in [4.78, 5) is 0. The van der Waals surface area contributed by atoms with Gasteiger partial charge in [0.15, 0.2) is 6.29 Å². The van der Waals surface area contributed by atoms with E-state index in [1.165, 1.54) is 11.1 Å². The molecule has 0 amide bonds. The van der Waals surface area contributed by atoms with Gasteiger partial charge in [0.05, 0.1) is 13.2 Å². The highest BCUT2D eigenvalue weighted by atomic mass is 16.7. The van der Waals surface area contributed by atoms with Crippen LogP contribution in [0.4, 0.5) is 0 Å². The molecule has 0 saturated carbocycles. The lowest BCUT2D eigenvalue weighted by atomic mass is 9.98. The average molecular weight is 248 g/mol. The van der Waals surface area contributed by atoms with E-state index >= 15 is 0 Å². The number of hydrogen-bond donors (Lipinski definition) is 0. The fourth-order valence-corrected chi connectivity index (χ4v) is 2.08. The lowest BCUT2D eigenvalue weighted by molar-refractivity contribution is -0.103. The molecule has 2 rings (SSSR count). The van der Waals surface area contributed by atoms with Crippen molar-refractivity contribution in [3.05, 3.63) is 41.5 Å². The molecule has 0 N–H and O–H groups in total. The second-order valence-corrected chi connectivity index (χ2v) is 4.12. The van der Waals surface area contributed by atoms with Gasteiger partial charge in [-0.05, 0) is 36.6 Å². The van der Waals surface area contributed by atoms with Gasteiger partial charge in [0, 0.05) is 13.2 Å². The Morgan fingerprint density at radius 2 is 1.89 bits per heavy atom. The monoisotopic (exact) mass is 248 g/mol. The van der Waals surface area contributed by atoms with Gasteiger partial charge < -0.3 is 14.2 Å². The molecule has 1 aliphatic heterocycles. The van der Waals surface area contributed by atoms with Crippen molar-refractivity contribution in [2.75, 3.05) is 19.8 Å². The number of hydrogen-bond acceptors (Lipinski definition) is 3. The van der Waals surface area contributed by atoms with Gasteiger partial charge in [0.1, 0.15) is 0 Å². The smallest absolute Gasteiger partial charge is 0.177 e. The van der Waals surface area contributed by atoms with E-state index in [0.29, 0.717) is 26.4 Å². The topological polar surface area (TPSA) is 27.7 Å². The van der Waals surface area contributed by atoms with Crippen LogP contribution in [0.5, 0.6) is 0 Å². The predicted molar refractivity (Wildman–Crippen MR) is 71.1 cm³/mol. The highest BCUT2D eigenvalue weighted by Crippen LogP contribution is 2.26. The Kier molecular flexibility index (Phi) is 4.93. The molecule has 0 aromatic heterocycles. The Morgan fingerprint density at radius 1 is 1.17 bits per heavy atom. The summed E-state index contributed by atoms with van der Waals surface area (Å²) in [7, 11) is 0. The third-order valence-electron chi connectivity index (χ3n) is 2.88. The van der Waals surface area contributed by atoms with Crippen molar-refractivity contribution in [3.8, 4) is 0 Å². The molecular formula is C15H20O3. The molecule has 3 nitrogen and oxygen atoms in total. The van der Waals surface area contributed by atoms with Crippen LogP contribution in [-0.2, 0) is 20.8 Å². The van der Waals surface area contributed by atoms with Gasteiger partial charge in [0.25, 0.3) is 0 Å². The molecule has 1 heterocycles. The van der Waals surface area contributed by atoms with Crippen molar-refractivity contribution < 1.29 is 14.2 Å². The van der Waals surface area contributed by atoms with E-state index in [-0.39, 0.29) is 6.29 Å². The molecule has 0 radical (unpaired) electrons. The van der Waals surface area contributed by atoms with Gasteiger partial charge >= 0.3 is 0 Å². The fourth-order valence-electron chi connectivity index (χ4n) is 2.08. The molecule has 18 heavy (non-hydrogen) atoms. The van der Waals surface area contributed by atoms with Crippen LogP contribution in [-0.4, -0.2) is 26.1 Å². The summed E-state index contributed by atoms with van der Waals surface area (Å²) >= 11 is 0. The molecule has 98 valence electrons. The standard InChI is InChI=1S/C15H20O3/c1-3-17-15(18-4-2)9-13-11-16-10-12-7-5-6-8-14(12)13/h5-9,15H,3-4,10-11H2,1-2H3/b13-9+. The van der Waals surface area contributed by atoms with Gasteiger partial charge in [-0.2, -0.15) is 0 Å². The Bertz CT molecular complexity index is 406. The zero-order valence-electron chi connectivity index (χ0n) is 11.0. The molecule has 1 aromatic rings. The summed E-state index contributed by atoms with van der Waals surface area (Å²) in [6.45, 7) is 6.51. The Hall–Kier alpha value is -1.16. The van der Waals surface area contributed by atoms with Crippen molar-refractivity contribution >= 4 is 5.57 Å². The van der Waals surface area contributed by atoms with Crippen LogP contribution < -0.4 is 0 Å². The Balaban J connectivity index is 2.22. The van der Waals surface area contributed by atoms with Crippen molar-refractivity contribution in [2.24, 2.45) is 0 Å². The highest BCUT2D eigenvalue weighted by Gasteiger charge is 2.15. The van der Waals surface area contributed by atoms with E-state index in [1.54, 1.807) is 0 Å². The van der Waals surface area contributed by atoms with Crippen LogP contribution in [0.3, 0.4) is 0 Å². The highest BCUT2D eigenvalue weighted by molar-refractivity contribution is 5.70. The minimum atomic E-state index is -0.287. The number of fused-ring (bicyclic) bond motifs is 1. The van der Waals surface area contributed by atoms with Crippen molar-refractivity contribution in [2.45, 2.75) is 26.7 Å². The normalized spacial score (nSPS) is 17.2. The van der Waals surface area contributed by atoms with E-state index in [4.69, 9.17) is 14.2 Å². The summed E-state index contributed by atoms with van der Waals surface area (Å²) in [5, 5.41) is 0. The molecule has 0 unspecified atom stereocenters. The second kappa shape index (κ2) is 6.69. The summed E-state index contributed by atoms with van der Waals surface area (Å²) < 4.78 is 16.7. The molecule has 0 spiro atoms. The molecular weight excluding hydrogens is 228 g/mol. The third kappa shape index (κ3) is 3.19. The quantitative estimate of drug-likeness (QED) is 0.750. The molecule has 0 saturated heterocycles. The second-order valence-electron chi connectivity index (χ2n) is 4.12. The summed E-state index contributed by atoms with van der Waals surface area (Å²) in [6, 6.07) is 8.30. The van der Waals surface area contributed by atoms with Gasteiger partial charge in [-0.25, -0.2) is 0 Å². The molecule has 0 atom stereocenters. The van der Waals surface area contributed by atoms with Gasteiger partial charge in [-0.1, -0.05) is 24.3 Å². The maximum Gasteiger partial charge on any atom is 0.177 e. The largest absolute Gasteiger partial charge is 0.372 e. The molecule has 3 heteroatoms. The van der Waals surface area contributed by atoms with Crippen LogP contribution in [0, 0.1) is 0 Å². The first-order chi connectivity index (χ1) is 8.85. The number of benzene rings is 1. The van der Waals surface area contributed by atoms with Gasteiger partial charge in [-0.15, -0.1) is 0 Å². The van der Waals surface area contributed by atoms with Gasteiger partial charge in [-0.3, -0.25) is 0 Å². The van der Waals surface area contributed by atoms with E-state index in [1.807, 2.05) is 32.1 Å². The number of ether oxygens (including phenoxy) is 3. The minimum Gasteiger partial charge on any atom is -0.372 e. The van der Waals surface area contributed by atoms with Crippen LogP contribution >= 0.6 is 0 Å². The first-order valence-electron chi connectivity index (χ1n) is 6.45. The molecule has 1 aliphatic rings. The van der Waals surface area contributed by atoms with Gasteiger partial charge in [0.2, 0.25) is 0 Å². The van der Waals surface area contributed by atoms with E-state index in [9.17, 15) is 0 Å². The molecule has 0 aliphatic carbocycles. The Morgan fingerprint density at radius 3 is 2.61 bits per heavy atom. The summed E-state index contributed by atoms with van der Waals surface area (Å²) in [5.74, 6) is 0. The molecule has 0 bridgehead atoms. The van der Waals surface area contributed by atoms with E-state index in [2.05, 4.69) is 12.1 Å². The third-order valence-corrected chi connectivity index (χ3v) is 2.88. The van der Waals surface area contributed by atoms with Crippen molar-refractivity contribution in [3.63, 3.8) is 0 Å². The van der Waals surface area contributed by atoms with Crippen molar-refractivity contribution in [1.29, 1.82) is 0 Å². The van der Waals surface area contributed by atoms with Crippen LogP contribution in [0.1, 0.15) is 25.0 Å². The summed E-state index contributed by atoms with van der Waals surface area (Å²) in [6.07, 6.45) is 1.73. The minimum absolute atomic E-state index is 0.287.